The molecule has 96 valence electrons. The summed E-state index contributed by atoms with van der Waals surface area (Å²) in [6.45, 7) is 0.372. The molecule has 0 saturated carbocycles. The number of nitrogens with zero attached hydrogens (tertiary/aromatic N) is 2. The van der Waals surface area contributed by atoms with E-state index in [9.17, 15) is 18.3 Å². The molecule has 0 amide bonds. The quantitative estimate of drug-likeness (QED) is 0.596. The number of aromatic nitrogens is 2. The van der Waals surface area contributed by atoms with E-state index in [1.54, 1.807) is 0 Å². The van der Waals surface area contributed by atoms with E-state index in [1.165, 1.54) is 19.3 Å². The first-order valence-corrected chi connectivity index (χ1v) is 6.08. The summed E-state index contributed by atoms with van der Waals surface area (Å²) in [6, 6.07) is 1.26. The Hall–Kier alpha value is -1.45. The topological polar surface area (TPSA) is 122 Å². The van der Waals surface area contributed by atoms with Gasteiger partial charge >= 0.3 is 5.97 Å². The molecule has 0 saturated heterocycles. The highest BCUT2D eigenvalue weighted by molar-refractivity contribution is 7.89. The fourth-order valence-corrected chi connectivity index (χ4v) is 2.26. The average Bonchev–Trinajstić information content (AvgIpc) is 2.62. The van der Waals surface area contributed by atoms with E-state index in [0.717, 1.165) is 11.6 Å². The zero-order valence-corrected chi connectivity index (χ0v) is 10.1. The maximum atomic E-state index is 11.7. The summed E-state index contributed by atoms with van der Waals surface area (Å²) in [5, 5.41) is 21.6. The predicted molar refractivity (Wildman–Crippen MR) is 56.7 cm³/mol. The van der Waals surface area contributed by atoms with Crippen molar-refractivity contribution in [2.75, 3.05) is 6.54 Å². The van der Waals surface area contributed by atoms with E-state index in [-0.39, 0.29) is 5.03 Å². The van der Waals surface area contributed by atoms with Crippen molar-refractivity contribution < 1.29 is 23.4 Å². The van der Waals surface area contributed by atoms with Gasteiger partial charge in [-0.3, -0.25) is 4.68 Å². The molecule has 0 fully saturated rings. The van der Waals surface area contributed by atoms with Gasteiger partial charge in [0.2, 0.25) is 0 Å². The molecule has 1 unspecified atom stereocenters. The Morgan fingerprint density at radius 3 is 2.65 bits per heavy atom. The lowest BCUT2D eigenvalue weighted by atomic mass is 10.1. The maximum Gasteiger partial charge on any atom is 0.336 e. The molecule has 3 N–H and O–H groups in total. The van der Waals surface area contributed by atoms with Crippen LogP contribution < -0.4 is 4.72 Å². The van der Waals surface area contributed by atoms with Crippen LogP contribution >= 0.6 is 0 Å². The van der Waals surface area contributed by atoms with Crippen molar-refractivity contribution in [1.82, 2.24) is 14.5 Å². The fourth-order valence-electron chi connectivity index (χ4n) is 1.01. The van der Waals surface area contributed by atoms with E-state index in [4.69, 9.17) is 5.11 Å². The number of nitrogens with one attached hydrogen (secondary N) is 1. The summed E-state index contributed by atoms with van der Waals surface area (Å²) in [4.78, 5) is 10.6. The van der Waals surface area contributed by atoms with Crippen molar-refractivity contribution in [1.29, 1.82) is 0 Å². The monoisotopic (exact) mass is 263 g/mol. The van der Waals surface area contributed by atoms with E-state index in [1.807, 2.05) is 4.72 Å². The average molecular weight is 263 g/mol. The number of aliphatic hydroxyl groups is 1. The smallest absolute Gasteiger partial charge is 0.336 e. The number of aliphatic carboxylic acids is 1. The SMILES string of the molecule is Cn1nccc1S(=O)(=O)NCC(C)(O)C(=O)O. The van der Waals surface area contributed by atoms with Gasteiger partial charge in [-0.2, -0.15) is 5.10 Å². The largest absolute Gasteiger partial charge is 0.479 e. The third-order valence-electron chi connectivity index (χ3n) is 2.12. The van der Waals surface area contributed by atoms with Gasteiger partial charge < -0.3 is 10.2 Å². The summed E-state index contributed by atoms with van der Waals surface area (Å²) in [7, 11) is -2.45. The molecule has 0 bridgehead atoms. The van der Waals surface area contributed by atoms with E-state index >= 15 is 0 Å². The molecule has 0 spiro atoms. The van der Waals surface area contributed by atoms with Crippen molar-refractivity contribution in [3.8, 4) is 0 Å². The second kappa shape index (κ2) is 4.43. The van der Waals surface area contributed by atoms with Gasteiger partial charge in [-0.1, -0.05) is 0 Å². The number of carboxylic acid groups (broad SMARTS) is 1. The van der Waals surface area contributed by atoms with Crippen molar-refractivity contribution in [3.63, 3.8) is 0 Å². The zero-order valence-electron chi connectivity index (χ0n) is 9.28. The van der Waals surface area contributed by atoms with Gasteiger partial charge in [-0.15, -0.1) is 0 Å². The first-order valence-electron chi connectivity index (χ1n) is 4.60. The minimum absolute atomic E-state index is 0.112. The first kappa shape index (κ1) is 13.6. The molecule has 0 aliphatic heterocycles. The van der Waals surface area contributed by atoms with Crippen LogP contribution in [0.1, 0.15) is 6.92 Å². The summed E-state index contributed by atoms with van der Waals surface area (Å²) in [6.07, 6.45) is 1.30. The molecule has 0 aromatic carbocycles. The Morgan fingerprint density at radius 2 is 2.24 bits per heavy atom. The third-order valence-corrected chi connectivity index (χ3v) is 3.59. The number of sulfonamides is 1. The highest BCUT2D eigenvalue weighted by Crippen LogP contribution is 2.08. The molecule has 0 aliphatic carbocycles. The van der Waals surface area contributed by atoms with Crippen LogP contribution in [-0.4, -0.2) is 46.5 Å². The minimum Gasteiger partial charge on any atom is -0.479 e. The Bertz CT molecular complexity index is 519. The molecule has 1 heterocycles. The second-order valence-electron chi connectivity index (χ2n) is 3.70. The Labute approximate surface area is 97.9 Å². The van der Waals surface area contributed by atoms with Crippen molar-refractivity contribution >= 4 is 16.0 Å². The van der Waals surface area contributed by atoms with Crippen LogP contribution in [0.15, 0.2) is 17.3 Å². The lowest BCUT2D eigenvalue weighted by Gasteiger charge is -2.18. The van der Waals surface area contributed by atoms with Gasteiger partial charge in [0, 0.05) is 7.05 Å². The van der Waals surface area contributed by atoms with E-state index < -0.39 is 28.1 Å². The standard InChI is InChI=1S/C8H13N3O5S/c1-8(14,7(12)13)5-10-17(15,16)6-3-4-9-11(6)2/h3-4,10,14H,5H2,1-2H3,(H,12,13). The van der Waals surface area contributed by atoms with Crippen LogP contribution in [0.3, 0.4) is 0 Å². The second-order valence-corrected chi connectivity index (χ2v) is 5.41. The van der Waals surface area contributed by atoms with Crippen molar-refractivity contribution in [2.24, 2.45) is 7.05 Å². The molecule has 1 aromatic rings. The maximum absolute atomic E-state index is 11.7. The Balaban J connectivity index is 2.83. The Kier molecular flexibility index (Phi) is 3.55. The number of hydrogen-bond acceptors (Lipinski definition) is 5. The molecule has 1 atom stereocenters. The molecular formula is C8H13N3O5S. The summed E-state index contributed by atoms with van der Waals surface area (Å²) in [5.74, 6) is -1.51. The molecular weight excluding hydrogens is 250 g/mol. The Morgan fingerprint density at radius 1 is 1.65 bits per heavy atom. The highest BCUT2D eigenvalue weighted by Gasteiger charge is 2.32. The molecule has 1 aromatic heterocycles. The fraction of sp³-hybridized carbons (Fsp3) is 0.500. The summed E-state index contributed by atoms with van der Waals surface area (Å²) in [5.41, 5.74) is -2.16. The van der Waals surface area contributed by atoms with Gasteiger partial charge in [0.15, 0.2) is 10.6 Å². The zero-order chi connectivity index (χ0) is 13.3. The number of aryl methyl sites for hydroxylation is 1. The van der Waals surface area contributed by atoms with Crippen LogP contribution in [0.25, 0.3) is 0 Å². The van der Waals surface area contributed by atoms with Crippen LogP contribution in [0, 0.1) is 0 Å². The first-order chi connectivity index (χ1) is 7.67. The van der Waals surface area contributed by atoms with E-state index in [2.05, 4.69) is 5.10 Å². The van der Waals surface area contributed by atoms with Crippen molar-refractivity contribution in [2.45, 2.75) is 17.6 Å². The molecule has 8 nitrogen and oxygen atoms in total. The van der Waals surface area contributed by atoms with Crippen LogP contribution in [-0.2, 0) is 21.9 Å². The van der Waals surface area contributed by atoms with Gasteiger partial charge in [0.1, 0.15) is 0 Å². The number of carbonyl (C=O) groups is 1. The molecule has 0 radical (unpaired) electrons. The van der Waals surface area contributed by atoms with Crippen LogP contribution in [0.2, 0.25) is 0 Å². The van der Waals surface area contributed by atoms with Gasteiger partial charge in [-0.25, -0.2) is 17.9 Å². The van der Waals surface area contributed by atoms with Gasteiger partial charge in [0.05, 0.1) is 12.7 Å². The summed E-state index contributed by atoms with van der Waals surface area (Å²) >= 11 is 0. The molecule has 9 heteroatoms. The molecule has 1 rings (SSSR count). The van der Waals surface area contributed by atoms with Gasteiger partial charge in [-0.05, 0) is 13.0 Å². The van der Waals surface area contributed by atoms with Gasteiger partial charge in [0.25, 0.3) is 10.0 Å². The highest BCUT2D eigenvalue weighted by atomic mass is 32.2. The minimum atomic E-state index is -3.89. The van der Waals surface area contributed by atoms with E-state index in [0.29, 0.717) is 0 Å². The van der Waals surface area contributed by atoms with Crippen LogP contribution in [0.4, 0.5) is 0 Å². The molecule has 0 aliphatic rings. The van der Waals surface area contributed by atoms with Crippen LogP contribution in [0.5, 0.6) is 0 Å². The normalized spacial score (nSPS) is 15.5. The third kappa shape index (κ3) is 3.02. The van der Waals surface area contributed by atoms with Crippen molar-refractivity contribution in [3.05, 3.63) is 12.3 Å². The number of carboxylic acids is 1. The molecule has 17 heavy (non-hydrogen) atoms. The predicted octanol–water partition coefficient (Wildman–Crippen LogP) is -1.47. The lowest BCUT2D eigenvalue weighted by Crippen LogP contribution is -2.46. The number of hydrogen-bond donors (Lipinski definition) is 3. The lowest BCUT2D eigenvalue weighted by molar-refractivity contribution is -0.155. The summed E-state index contributed by atoms with van der Waals surface area (Å²) < 4.78 is 26.5. The number of rotatable bonds is 5.